The van der Waals surface area contributed by atoms with Gasteiger partial charge in [-0.2, -0.15) is 0 Å². The molecule has 0 unspecified atom stereocenters. The summed E-state index contributed by atoms with van der Waals surface area (Å²) in [5.41, 5.74) is 3.55. The number of ether oxygens (including phenoxy) is 2. The number of esters is 1. The van der Waals surface area contributed by atoms with Crippen LogP contribution in [-0.4, -0.2) is 24.3 Å². The molecule has 1 aliphatic rings. The molecule has 1 aliphatic carbocycles. The van der Waals surface area contributed by atoms with Gasteiger partial charge in [-0.3, -0.25) is 0 Å². The van der Waals surface area contributed by atoms with Gasteiger partial charge in [-0.1, -0.05) is 63.5 Å². The van der Waals surface area contributed by atoms with Crippen molar-refractivity contribution in [2.24, 2.45) is 5.92 Å². The van der Waals surface area contributed by atoms with Crippen LogP contribution >= 0.6 is 0 Å². The van der Waals surface area contributed by atoms with Crippen molar-refractivity contribution in [3.05, 3.63) is 60.2 Å². The van der Waals surface area contributed by atoms with Gasteiger partial charge in [0, 0.05) is 17.2 Å². The van der Waals surface area contributed by atoms with Crippen molar-refractivity contribution in [1.82, 2.24) is 0 Å². The Bertz CT molecular complexity index is 908. The van der Waals surface area contributed by atoms with E-state index in [2.05, 4.69) is 37.8 Å². The fourth-order valence-corrected chi connectivity index (χ4v) is 4.67. The third-order valence-corrected chi connectivity index (χ3v) is 6.62. The van der Waals surface area contributed by atoms with Crippen LogP contribution in [0.1, 0.15) is 76.7 Å². The van der Waals surface area contributed by atoms with Crippen LogP contribution in [-0.2, 0) is 4.79 Å². The maximum atomic E-state index is 12.2. The zero-order chi connectivity index (χ0) is 23.6. The van der Waals surface area contributed by atoms with Gasteiger partial charge in [0.05, 0.1) is 6.61 Å². The van der Waals surface area contributed by atoms with Crippen molar-refractivity contribution in [3.8, 4) is 22.6 Å². The summed E-state index contributed by atoms with van der Waals surface area (Å²) in [4.78, 5) is 12.2. The molecule has 0 saturated heterocycles. The number of aliphatic hydroxyl groups excluding tert-OH is 1. The summed E-state index contributed by atoms with van der Waals surface area (Å²) in [5.74, 6) is 2.05. The van der Waals surface area contributed by atoms with Crippen LogP contribution in [0.25, 0.3) is 11.1 Å². The first-order valence-corrected chi connectivity index (χ1v) is 12.4. The Morgan fingerprint density at radius 3 is 2.42 bits per heavy atom. The minimum Gasteiger partial charge on any atom is -0.491 e. The molecule has 178 valence electrons. The molecule has 0 aliphatic heterocycles. The molecule has 3 rings (SSSR count). The van der Waals surface area contributed by atoms with E-state index in [0.29, 0.717) is 23.0 Å². The highest BCUT2D eigenvalue weighted by atomic mass is 16.5. The fourth-order valence-electron chi connectivity index (χ4n) is 4.67. The topological polar surface area (TPSA) is 55.8 Å². The lowest BCUT2D eigenvalue weighted by molar-refractivity contribution is -0.130. The Hall–Kier alpha value is -2.59. The lowest BCUT2D eigenvalue weighted by atomic mass is 9.77. The van der Waals surface area contributed by atoms with E-state index in [0.717, 1.165) is 17.0 Å². The highest BCUT2D eigenvalue weighted by Crippen LogP contribution is 2.39. The Kier molecular flexibility index (Phi) is 9.56. The predicted octanol–water partition coefficient (Wildman–Crippen LogP) is 7.06. The van der Waals surface area contributed by atoms with Crippen LogP contribution in [0, 0.1) is 5.92 Å². The van der Waals surface area contributed by atoms with Gasteiger partial charge in [0.1, 0.15) is 18.1 Å². The predicted molar refractivity (Wildman–Crippen MR) is 134 cm³/mol. The van der Waals surface area contributed by atoms with Crippen LogP contribution < -0.4 is 9.47 Å². The zero-order valence-corrected chi connectivity index (χ0v) is 20.1. The molecule has 0 amide bonds. The number of carbonyl (C=O) groups excluding carboxylic acids is 1. The SMILES string of the molecule is C=C(C)C(=O)Oc1cc(OCCO)ccc1-c1ccc(C2CCC(CCCCC)CC2)cc1. The maximum absolute atomic E-state index is 12.2. The van der Waals surface area contributed by atoms with Gasteiger partial charge in [0.2, 0.25) is 0 Å². The van der Waals surface area contributed by atoms with Crippen molar-refractivity contribution in [1.29, 1.82) is 0 Å². The Labute approximate surface area is 198 Å². The minimum atomic E-state index is -0.470. The van der Waals surface area contributed by atoms with Crippen molar-refractivity contribution < 1.29 is 19.4 Å². The molecule has 2 aromatic rings. The van der Waals surface area contributed by atoms with E-state index < -0.39 is 5.97 Å². The third kappa shape index (κ3) is 7.20. The smallest absolute Gasteiger partial charge is 0.338 e. The second kappa shape index (κ2) is 12.6. The maximum Gasteiger partial charge on any atom is 0.338 e. The standard InChI is InChI=1S/C29H38O4/c1-4-5-6-7-22-8-10-23(11-9-22)24-12-14-25(15-13-24)27-17-16-26(32-19-18-30)20-28(27)33-29(31)21(2)3/h12-17,20,22-23,30H,2,4-11,18-19H2,1,3H3. The first-order chi connectivity index (χ1) is 16.0. The monoisotopic (exact) mass is 450 g/mol. The highest BCUT2D eigenvalue weighted by molar-refractivity contribution is 5.90. The number of unbranched alkanes of at least 4 members (excludes halogenated alkanes) is 2. The number of carbonyl (C=O) groups is 1. The Balaban J connectivity index is 1.71. The average Bonchev–Trinajstić information content (AvgIpc) is 2.83. The molecule has 1 N–H and O–H groups in total. The molecule has 4 heteroatoms. The number of hydrogen-bond acceptors (Lipinski definition) is 4. The molecular weight excluding hydrogens is 412 g/mol. The van der Waals surface area contributed by atoms with Crippen molar-refractivity contribution in [2.45, 2.75) is 71.1 Å². The van der Waals surface area contributed by atoms with E-state index in [-0.39, 0.29) is 13.2 Å². The third-order valence-electron chi connectivity index (χ3n) is 6.62. The second-order valence-electron chi connectivity index (χ2n) is 9.24. The summed E-state index contributed by atoms with van der Waals surface area (Å²) in [6, 6.07) is 14.1. The van der Waals surface area contributed by atoms with Crippen molar-refractivity contribution in [3.63, 3.8) is 0 Å². The quantitative estimate of drug-likeness (QED) is 0.172. The Morgan fingerprint density at radius 2 is 1.79 bits per heavy atom. The van der Waals surface area contributed by atoms with Crippen LogP contribution in [0.3, 0.4) is 0 Å². The highest BCUT2D eigenvalue weighted by Gasteiger charge is 2.22. The summed E-state index contributed by atoms with van der Waals surface area (Å²) in [7, 11) is 0. The van der Waals surface area contributed by atoms with Crippen LogP contribution in [0.5, 0.6) is 11.5 Å². The largest absolute Gasteiger partial charge is 0.491 e. The molecule has 0 aromatic heterocycles. The molecule has 0 heterocycles. The van der Waals surface area contributed by atoms with Gasteiger partial charge < -0.3 is 14.6 Å². The molecule has 1 saturated carbocycles. The summed E-state index contributed by atoms with van der Waals surface area (Å²) in [6.07, 6.45) is 10.7. The lowest BCUT2D eigenvalue weighted by Crippen LogP contribution is -2.13. The molecule has 0 radical (unpaired) electrons. The molecule has 4 nitrogen and oxygen atoms in total. The summed E-state index contributed by atoms with van der Waals surface area (Å²) < 4.78 is 11.1. The average molecular weight is 451 g/mol. The fraction of sp³-hybridized carbons (Fsp3) is 0.483. The Morgan fingerprint density at radius 1 is 1.06 bits per heavy atom. The molecule has 0 spiro atoms. The minimum absolute atomic E-state index is 0.0786. The van der Waals surface area contributed by atoms with Gasteiger partial charge in [0.15, 0.2) is 0 Å². The van der Waals surface area contributed by atoms with E-state index in [4.69, 9.17) is 14.6 Å². The van der Waals surface area contributed by atoms with Crippen LogP contribution in [0.2, 0.25) is 0 Å². The first-order valence-electron chi connectivity index (χ1n) is 12.4. The molecule has 0 bridgehead atoms. The van der Waals surface area contributed by atoms with Crippen LogP contribution in [0.15, 0.2) is 54.6 Å². The van der Waals surface area contributed by atoms with Gasteiger partial charge in [0.25, 0.3) is 0 Å². The second-order valence-corrected chi connectivity index (χ2v) is 9.24. The number of aliphatic hydroxyl groups is 1. The van der Waals surface area contributed by atoms with Crippen molar-refractivity contribution in [2.75, 3.05) is 13.2 Å². The van der Waals surface area contributed by atoms with E-state index in [1.807, 2.05) is 12.1 Å². The van der Waals surface area contributed by atoms with E-state index in [1.165, 1.54) is 56.9 Å². The molecular formula is C29H38O4. The zero-order valence-electron chi connectivity index (χ0n) is 20.1. The van der Waals surface area contributed by atoms with Crippen LogP contribution in [0.4, 0.5) is 0 Å². The summed E-state index contributed by atoms with van der Waals surface area (Å²) in [6.45, 7) is 7.68. The normalized spacial score (nSPS) is 18.0. The summed E-state index contributed by atoms with van der Waals surface area (Å²) >= 11 is 0. The van der Waals surface area contributed by atoms with Crippen molar-refractivity contribution >= 4 is 5.97 Å². The lowest BCUT2D eigenvalue weighted by Gasteiger charge is -2.29. The van der Waals surface area contributed by atoms with E-state index in [1.54, 1.807) is 13.0 Å². The number of hydrogen-bond donors (Lipinski definition) is 1. The molecule has 1 fully saturated rings. The molecule has 2 aromatic carbocycles. The first kappa shape index (κ1) is 25.0. The molecule has 0 atom stereocenters. The van der Waals surface area contributed by atoms with Gasteiger partial charge in [-0.25, -0.2) is 4.79 Å². The van der Waals surface area contributed by atoms with Gasteiger partial charge in [-0.15, -0.1) is 0 Å². The number of benzene rings is 2. The van der Waals surface area contributed by atoms with E-state index in [9.17, 15) is 4.79 Å². The summed E-state index contributed by atoms with van der Waals surface area (Å²) in [5, 5.41) is 9.02. The molecule has 33 heavy (non-hydrogen) atoms. The van der Waals surface area contributed by atoms with Gasteiger partial charge in [-0.05, 0) is 67.7 Å². The van der Waals surface area contributed by atoms with Gasteiger partial charge >= 0.3 is 5.97 Å². The number of rotatable bonds is 11. The van der Waals surface area contributed by atoms with E-state index >= 15 is 0 Å².